The van der Waals surface area contributed by atoms with Crippen LogP contribution in [-0.2, 0) is 4.74 Å². The smallest absolute Gasteiger partial charge is 0.410 e. The zero-order valence-corrected chi connectivity index (χ0v) is 11.4. The number of ether oxygens (including phenoxy) is 1. The summed E-state index contributed by atoms with van der Waals surface area (Å²) in [6, 6.07) is 0.272. The van der Waals surface area contributed by atoms with Gasteiger partial charge in [0.15, 0.2) is 0 Å². The van der Waals surface area contributed by atoms with Crippen LogP contribution >= 0.6 is 12.4 Å². The standard InChI is InChI=1S/C11H22N2O2.ClH/c1-5-9-8-12-6-7-13(9)10(14)15-11(2,3)4;/h9,12H,5-8H2,1-4H3;1H. The van der Waals surface area contributed by atoms with E-state index in [4.69, 9.17) is 4.74 Å². The largest absolute Gasteiger partial charge is 0.444 e. The summed E-state index contributed by atoms with van der Waals surface area (Å²) in [5.41, 5.74) is -0.403. The van der Waals surface area contributed by atoms with E-state index in [0.717, 1.165) is 26.1 Å². The molecule has 0 spiro atoms. The molecule has 0 aromatic rings. The molecule has 4 nitrogen and oxygen atoms in total. The van der Waals surface area contributed by atoms with Crippen LogP contribution in [0.25, 0.3) is 0 Å². The fraction of sp³-hybridized carbons (Fsp3) is 0.909. The van der Waals surface area contributed by atoms with Crippen LogP contribution in [0.5, 0.6) is 0 Å². The molecule has 16 heavy (non-hydrogen) atoms. The number of carbonyl (C=O) groups is 1. The van der Waals surface area contributed by atoms with Crippen LogP contribution in [0, 0.1) is 0 Å². The second-order valence-electron chi connectivity index (χ2n) is 4.94. The Bertz CT molecular complexity index is 229. The van der Waals surface area contributed by atoms with Crippen molar-refractivity contribution in [3.05, 3.63) is 0 Å². The first-order valence-electron chi connectivity index (χ1n) is 5.64. The van der Waals surface area contributed by atoms with E-state index in [2.05, 4.69) is 12.2 Å². The number of nitrogens with one attached hydrogen (secondary N) is 1. The first-order valence-corrected chi connectivity index (χ1v) is 5.64. The molecular formula is C11H23ClN2O2. The Kier molecular flexibility index (Phi) is 6.11. The van der Waals surface area contributed by atoms with E-state index >= 15 is 0 Å². The number of halogens is 1. The Morgan fingerprint density at radius 2 is 2.12 bits per heavy atom. The van der Waals surface area contributed by atoms with Crippen LogP contribution in [-0.4, -0.2) is 42.3 Å². The minimum Gasteiger partial charge on any atom is -0.444 e. The summed E-state index contributed by atoms with van der Waals surface area (Å²) >= 11 is 0. The highest BCUT2D eigenvalue weighted by Crippen LogP contribution is 2.14. The topological polar surface area (TPSA) is 41.6 Å². The van der Waals surface area contributed by atoms with Gasteiger partial charge in [0.05, 0.1) is 0 Å². The summed E-state index contributed by atoms with van der Waals surface area (Å²) in [4.78, 5) is 13.7. The molecule has 1 rings (SSSR count). The van der Waals surface area contributed by atoms with Gasteiger partial charge in [-0.15, -0.1) is 12.4 Å². The van der Waals surface area contributed by atoms with Gasteiger partial charge in [-0.2, -0.15) is 0 Å². The molecule has 1 amide bonds. The second kappa shape index (κ2) is 6.30. The molecule has 1 aliphatic heterocycles. The molecule has 5 heteroatoms. The number of hydrogen-bond acceptors (Lipinski definition) is 3. The lowest BCUT2D eigenvalue weighted by molar-refractivity contribution is 0.0117. The Morgan fingerprint density at radius 1 is 1.50 bits per heavy atom. The Hall–Kier alpha value is -0.480. The van der Waals surface area contributed by atoms with Crippen molar-refractivity contribution in [1.82, 2.24) is 10.2 Å². The molecule has 1 fully saturated rings. The Morgan fingerprint density at radius 3 is 2.62 bits per heavy atom. The fourth-order valence-electron chi connectivity index (χ4n) is 1.69. The van der Waals surface area contributed by atoms with Gasteiger partial charge >= 0.3 is 6.09 Å². The molecule has 0 radical (unpaired) electrons. The molecule has 0 aliphatic carbocycles. The predicted octanol–water partition coefficient (Wildman–Crippen LogP) is 2.03. The number of amides is 1. The minimum atomic E-state index is -0.403. The zero-order chi connectivity index (χ0) is 11.5. The Labute approximate surface area is 104 Å². The Balaban J connectivity index is 0.00000225. The van der Waals surface area contributed by atoms with E-state index in [1.165, 1.54) is 0 Å². The van der Waals surface area contributed by atoms with Crippen molar-refractivity contribution in [2.75, 3.05) is 19.6 Å². The van der Waals surface area contributed by atoms with Crippen LogP contribution in [0.2, 0.25) is 0 Å². The van der Waals surface area contributed by atoms with Crippen LogP contribution in [0.15, 0.2) is 0 Å². The monoisotopic (exact) mass is 250 g/mol. The van der Waals surface area contributed by atoms with Crippen molar-refractivity contribution in [2.45, 2.75) is 45.8 Å². The van der Waals surface area contributed by atoms with Crippen LogP contribution in [0.1, 0.15) is 34.1 Å². The third kappa shape index (κ3) is 4.58. The van der Waals surface area contributed by atoms with Crippen LogP contribution in [0.3, 0.4) is 0 Å². The summed E-state index contributed by atoms with van der Waals surface area (Å²) in [7, 11) is 0. The highest BCUT2D eigenvalue weighted by atomic mass is 35.5. The molecule has 1 unspecified atom stereocenters. The van der Waals surface area contributed by atoms with Crippen molar-refractivity contribution in [3.63, 3.8) is 0 Å². The van der Waals surface area contributed by atoms with Gasteiger partial charge in [0.25, 0.3) is 0 Å². The van der Waals surface area contributed by atoms with Crippen molar-refractivity contribution in [2.24, 2.45) is 0 Å². The summed E-state index contributed by atoms with van der Waals surface area (Å²) < 4.78 is 5.37. The van der Waals surface area contributed by atoms with Crippen molar-refractivity contribution in [1.29, 1.82) is 0 Å². The molecule has 0 aromatic carbocycles. The molecule has 1 aliphatic rings. The molecule has 1 atom stereocenters. The quantitative estimate of drug-likeness (QED) is 0.774. The van der Waals surface area contributed by atoms with E-state index in [1.54, 1.807) is 0 Å². The summed E-state index contributed by atoms with van der Waals surface area (Å²) in [5.74, 6) is 0. The van der Waals surface area contributed by atoms with Gasteiger partial charge in [0.1, 0.15) is 5.60 Å². The maximum Gasteiger partial charge on any atom is 0.410 e. The van der Waals surface area contributed by atoms with Gasteiger partial charge in [0, 0.05) is 25.7 Å². The van der Waals surface area contributed by atoms with Gasteiger partial charge in [-0.3, -0.25) is 0 Å². The fourth-order valence-corrected chi connectivity index (χ4v) is 1.69. The molecule has 0 bridgehead atoms. The van der Waals surface area contributed by atoms with Gasteiger partial charge in [-0.05, 0) is 27.2 Å². The average Bonchev–Trinajstić information content (AvgIpc) is 2.15. The van der Waals surface area contributed by atoms with E-state index in [-0.39, 0.29) is 24.5 Å². The van der Waals surface area contributed by atoms with Crippen molar-refractivity contribution >= 4 is 18.5 Å². The zero-order valence-electron chi connectivity index (χ0n) is 10.6. The van der Waals surface area contributed by atoms with E-state index in [0.29, 0.717) is 0 Å². The number of carbonyl (C=O) groups excluding carboxylic acids is 1. The van der Waals surface area contributed by atoms with Gasteiger partial charge in [0.2, 0.25) is 0 Å². The number of piperazine rings is 1. The maximum atomic E-state index is 11.9. The normalized spacial score (nSPS) is 21.2. The van der Waals surface area contributed by atoms with Crippen molar-refractivity contribution < 1.29 is 9.53 Å². The SMILES string of the molecule is CCC1CNCCN1C(=O)OC(C)(C)C.Cl. The third-order valence-corrected chi connectivity index (χ3v) is 2.45. The van der Waals surface area contributed by atoms with Crippen molar-refractivity contribution in [3.8, 4) is 0 Å². The molecule has 0 saturated carbocycles. The molecule has 0 aromatic heterocycles. The van der Waals surface area contributed by atoms with Crippen LogP contribution < -0.4 is 5.32 Å². The third-order valence-electron chi connectivity index (χ3n) is 2.45. The highest BCUT2D eigenvalue weighted by Gasteiger charge is 2.28. The minimum absolute atomic E-state index is 0. The molecule has 1 saturated heterocycles. The number of nitrogens with zero attached hydrogens (tertiary/aromatic N) is 1. The second-order valence-corrected chi connectivity index (χ2v) is 4.94. The summed E-state index contributed by atoms with van der Waals surface area (Å²) in [6.45, 7) is 10.3. The van der Waals surface area contributed by atoms with Crippen LogP contribution in [0.4, 0.5) is 4.79 Å². The molecular weight excluding hydrogens is 228 g/mol. The number of rotatable bonds is 1. The lowest BCUT2D eigenvalue weighted by Gasteiger charge is -2.36. The van der Waals surface area contributed by atoms with E-state index in [9.17, 15) is 4.79 Å². The number of hydrogen-bond donors (Lipinski definition) is 1. The van der Waals surface area contributed by atoms with E-state index in [1.807, 2.05) is 25.7 Å². The first kappa shape index (κ1) is 15.5. The predicted molar refractivity (Wildman–Crippen MR) is 67.1 cm³/mol. The molecule has 1 N–H and O–H groups in total. The average molecular weight is 251 g/mol. The van der Waals surface area contributed by atoms with Gasteiger partial charge in [-0.1, -0.05) is 6.92 Å². The summed E-state index contributed by atoms with van der Waals surface area (Å²) in [5, 5.41) is 3.28. The molecule has 96 valence electrons. The first-order chi connectivity index (χ1) is 6.94. The summed E-state index contributed by atoms with van der Waals surface area (Å²) in [6.07, 6.45) is 0.780. The lowest BCUT2D eigenvalue weighted by atomic mass is 10.1. The maximum absolute atomic E-state index is 11.9. The lowest BCUT2D eigenvalue weighted by Crippen LogP contribution is -2.54. The molecule has 1 heterocycles. The van der Waals surface area contributed by atoms with Gasteiger partial charge < -0.3 is 15.0 Å². The van der Waals surface area contributed by atoms with Gasteiger partial charge in [-0.25, -0.2) is 4.79 Å². The highest BCUT2D eigenvalue weighted by molar-refractivity contribution is 5.85. The van der Waals surface area contributed by atoms with E-state index < -0.39 is 5.60 Å².